The van der Waals surface area contributed by atoms with Crippen molar-refractivity contribution in [1.82, 2.24) is 0 Å². The number of phenols is 1. The fraction of sp³-hybridized carbons (Fsp3) is 0.0667. The monoisotopic (exact) mass is 349 g/mol. The summed E-state index contributed by atoms with van der Waals surface area (Å²) < 4.78 is 0.896. The van der Waals surface area contributed by atoms with E-state index in [1.54, 1.807) is 18.2 Å². The van der Waals surface area contributed by atoms with Crippen LogP contribution >= 0.6 is 15.9 Å². The summed E-state index contributed by atoms with van der Waals surface area (Å²) in [5.74, 6) is -1.83. The number of carboxylic acid groups (broad SMARTS) is 1. The zero-order valence-corrected chi connectivity index (χ0v) is 12.6. The van der Waals surface area contributed by atoms with Gasteiger partial charge in [-0.2, -0.15) is 0 Å². The molecule has 0 aromatic heterocycles. The predicted octanol–water partition coefficient (Wildman–Crippen LogP) is 3.41. The minimum absolute atomic E-state index is 0.0509. The van der Waals surface area contributed by atoms with E-state index in [2.05, 4.69) is 21.2 Å². The minimum Gasteiger partial charge on any atom is -0.506 e. The fourth-order valence-corrected chi connectivity index (χ4v) is 2.00. The van der Waals surface area contributed by atoms with Crippen LogP contribution in [0.4, 0.5) is 5.69 Å². The summed E-state index contributed by atoms with van der Waals surface area (Å²) in [7, 11) is 0. The largest absolute Gasteiger partial charge is 0.506 e. The number of nitrogens with one attached hydrogen (secondary N) is 1. The normalized spacial score (nSPS) is 10.2. The van der Waals surface area contributed by atoms with Gasteiger partial charge in [0.05, 0.1) is 11.3 Å². The Morgan fingerprint density at radius 2 is 1.76 bits per heavy atom. The third kappa shape index (κ3) is 3.41. The molecule has 3 N–H and O–H groups in total. The summed E-state index contributed by atoms with van der Waals surface area (Å²) in [4.78, 5) is 22.9. The van der Waals surface area contributed by atoms with Crippen molar-refractivity contribution >= 4 is 33.5 Å². The molecule has 2 aromatic rings. The van der Waals surface area contributed by atoms with Crippen LogP contribution in [0.2, 0.25) is 0 Å². The van der Waals surface area contributed by atoms with Gasteiger partial charge in [0, 0.05) is 10.0 Å². The van der Waals surface area contributed by atoms with E-state index in [0.29, 0.717) is 5.56 Å². The average Bonchev–Trinajstić information content (AvgIpc) is 2.43. The topological polar surface area (TPSA) is 86.6 Å². The van der Waals surface area contributed by atoms with Crippen LogP contribution in [0, 0.1) is 6.92 Å². The first kappa shape index (κ1) is 15.1. The predicted molar refractivity (Wildman–Crippen MR) is 81.9 cm³/mol. The molecule has 0 saturated carbocycles. The molecular formula is C15H12BrNO4. The number of rotatable bonds is 3. The molecule has 6 heteroatoms. The van der Waals surface area contributed by atoms with E-state index in [9.17, 15) is 14.7 Å². The van der Waals surface area contributed by atoms with Crippen LogP contribution in [0.25, 0.3) is 0 Å². The Kier molecular flexibility index (Phi) is 4.28. The number of hydrogen-bond acceptors (Lipinski definition) is 3. The van der Waals surface area contributed by atoms with E-state index >= 15 is 0 Å². The lowest BCUT2D eigenvalue weighted by Gasteiger charge is -2.09. The summed E-state index contributed by atoms with van der Waals surface area (Å²) >= 11 is 3.35. The van der Waals surface area contributed by atoms with Crippen molar-refractivity contribution in [2.45, 2.75) is 6.92 Å². The maximum absolute atomic E-state index is 12.1. The molecule has 0 unspecified atom stereocenters. The SMILES string of the molecule is Cc1cc(C(=O)Nc2ccc(C(=O)O)cc2O)ccc1Br. The molecule has 0 saturated heterocycles. The molecule has 0 aliphatic heterocycles. The standard InChI is InChI=1S/C15H12BrNO4/c1-8-6-9(2-4-11(8)16)14(19)17-12-5-3-10(15(20)21)7-13(12)18/h2-7,18H,1H3,(H,17,19)(H,20,21). The van der Waals surface area contributed by atoms with Gasteiger partial charge in [-0.25, -0.2) is 4.79 Å². The third-order valence-corrected chi connectivity index (χ3v) is 3.80. The number of hydrogen-bond donors (Lipinski definition) is 3. The van der Waals surface area contributed by atoms with Gasteiger partial charge in [0.2, 0.25) is 0 Å². The third-order valence-electron chi connectivity index (χ3n) is 2.91. The van der Waals surface area contributed by atoms with Gasteiger partial charge in [-0.05, 0) is 48.9 Å². The summed E-state index contributed by atoms with van der Waals surface area (Å²) in [6.07, 6.45) is 0. The van der Waals surface area contributed by atoms with Crippen molar-refractivity contribution in [1.29, 1.82) is 0 Å². The maximum atomic E-state index is 12.1. The van der Waals surface area contributed by atoms with Crippen LogP contribution in [0.1, 0.15) is 26.3 Å². The summed E-state index contributed by atoms with van der Waals surface area (Å²) in [6, 6.07) is 8.87. The Balaban J connectivity index is 2.23. The Bertz CT molecular complexity index is 728. The lowest BCUT2D eigenvalue weighted by atomic mass is 10.1. The number of halogens is 1. The molecule has 0 heterocycles. The van der Waals surface area contributed by atoms with Crippen LogP contribution in [0.3, 0.4) is 0 Å². The molecule has 0 aliphatic rings. The minimum atomic E-state index is -1.15. The van der Waals surface area contributed by atoms with Crippen molar-refractivity contribution in [3.05, 3.63) is 57.6 Å². The Morgan fingerprint density at radius 3 is 2.33 bits per heavy atom. The van der Waals surface area contributed by atoms with Crippen molar-refractivity contribution in [2.75, 3.05) is 5.32 Å². The molecule has 0 spiro atoms. The molecule has 0 fully saturated rings. The number of aromatic hydroxyl groups is 1. The molecule has 5 nitrogen and oxygen atoms in total. The first-order valence-corrected chi connectivity index (χ1v) is 6.81. The second-order valence-corrected chi connectivity index (χ2v) is 5.31. The van der Waals surface area contributed by atoms with Gasteiger partial charge in [-0.15, -0.1) is 0 Å². The number of aromatic carboxylic acids is 1. The van der Waals surface area contributed by atoms with Crippen molar-refractivity contribution in [2.24, 2.45) is 0 Å². The van der Waals surface area contributed by atoms with Gasteiger partial charge >= 0.3 is 5.97 Å². The van der Waals surface area contributed by atoms with E-state index < -0.39 is 5.97 Å². The molecule has 0 bridgehead atoms. The Labute approximate surface area is 129 Å². The van der Waals surface area contributed by atoms with E-state index in [1.807, 2.05) is 6.92 Å². The first-order chi connectivity index (χ1) is 9.88. The molecule has 0 atom stereocenters. The van der Waals surface area contributed by atoms with Crippen LogP contribution in [0.15, 0.2) is 40.9 Å². The number of benzene rings is 2. The summed E-state index contributed by atoms with van der Waals surface area (Å²) in [5.41, 5.74) is 1.46. The van der Waals surface area contributed by atoms with Crippen LogP contribution in [-0.4, -0.2) is 22.1 Å². The van der Waals surface area contributed by atoms with Crippen LogP contribution in [0.5, 0.6) is 5.75 Å². The zero-order chi connectivity index (χ0) is 15.6. The van der Waals surface area contributed by atoms with Crippen LogP contribution < -0.4 is 5.32 Å². The van der Waals surface area contributed by atoms with Gasteiger partial charge in [0.1, 0.15) is 5.75 Å². The van der Waals surface area contributed by atoms with E-state index in [4.69, 9.17) is 5.11 Å². The lowest BCUT2D eigenvalue weighted by Crippen LogP contribution is -2.12. The molecular weight excluding hydrogens is 338 g/mol. The molecule has 0 aliphatic carbocycles. The Hall–Kier alpha value is -2.34. The van der Waals surface area contributed by atoms with Gasteiger partial charge in [-0.1, -0.05) is 15.9 Å². The van der Waals surface area contributed by atoms with Gasteiger partial charge in [0.15, 0.2) is 0 Å². The van der Waals surface area contributed by atoms with Gasteiger partial charge in [0.25, 0.3) is 5.91 Å². The molecule has 0 radical (unpaired) electrons. The average molecular weight is 350 g/mol. The lowest BCUT2D eigenvalue weighted by molar-refractivity contribution is 0.0696. The molecule has 2 aromatic carbocycles. The maximum Gasteiger partial charge on any atom is 0.335 e. The van der Waals surface area contributed by atoms with E-state index in [-0.39, 0.29) is 22.9 Å². The highest BCUT2D eigenvalue weighted by Crippen LogP contribution is 2.25. The van der Waals surface area contributed by atoms with Gasteiger partial charge < -0.3 is 15.5 Å². The highest BCUT2D eigenvalue weighted by molar-refractivity contribution is 9.10. The summed E-state index contributed by atoms with van der Waals surface area (Å²) in [6.45, 7) is 1.86. The fourth-order valence-electron chi connectivity index (χ4n) is 1.75. The second kappa shape index (κ2) is 5.97. The van der Waals surface area contributed by atoms with Gasteiger partial charge in [-0.3, -0.25) is 4.79 Å². The number of aryl methyl sites for hydroxylation is 1. The van der Waals surface area contributed by atoms with Crippen molar-refractivity contribution in [3.8, 4) is 5.75 Å². The quantitative estimate of drug-likeness (QED) is 0.741. The highest BCUT2D eigenvalue weighted by atomic mass is 79.9. The summed E-state index contributed by atoms with van der Waals surface area (Å²) in [5, 5.41) is 21.1. The molecule has 2 rings (SSSR count). The number of carbonyl (C=O) groups is 2. The number of anilines is 1. The highest BCUT2D eigenvalue weighted by Gasteiger charge is 2.12. The van der Waals surface area contributed by atoms with E-state index in [1.165, 1.54) is 12.1 Å². The number of carbonyl (C=O) groups excluding carboxylic acids is 1. The zero-order valence-electron chi connectivity index (χ0n) is 11.1. The number of carboxylic acids is 1. The smallest absolute Gasteiger partial charge is 0.335 e. The molecule has 21 heavy (non-hydrogen) atoms. The number of phenolic OH excluding ortho intramolecular Hbond substituents is 1. The van der Waals surface area contributed by atoms with Crippen molar-refractivity contribution in [3.63, 3.8) is 0 Å². The number of amides is 1. The first-order valence-electron chi connectivity index (χ1n) is 6.02. The second-order valence-electron chi connectivity index (χ2n) is 4.46. The Morgan fingerprint density at radius 1 is 1.10 bits per heavy atom. The van der Waals surface area contributed by atoms with Crippen LogP contribution in [-0.2, 0) is 0 Å². The molecule has 1 amide bonds. The van der Waals surface area contributed by atoms with E-state index in [0.717, 1.165) is 16.1 Å². The van der Waals surface area contributed by atoms with Crippen molar-refractivity contribution < 1.29 is 19.8 Å². The molecule has 108 valence electrons.